The minimum absolute atomic E-state index is 0.0999. The Morgan fingerprint density at radius 1 is 0.931 bits per heavy atom. The van der Waals surface area contributed by atoms with Gasteiger partial charge in [-0.3, -0.25) is 9.80 Å². The number of hydrogen-bond acceptors (Lipinski definition) is 3. The highest BCUT2D eigenvalue weighted by Crippen LogP contribution is 2.35. The summed E-state index contributed by atoms with van der Waals surface area (Å²) >= 11 is 0. The van der Waals surface area contributed by atoms with E-state index in [1.165, 1.54) is 30.5 Å². The SMILES string of the molecule is OC[C@]1(Cc2ccc(F)cc2)CCCN(C2CCN(Cc3ccccc3)CC2)C1. The van der Waals surface area contributed by atoms with E-state index in [4.69, 9.17) is 0 Å². The molecular weight excluding hydrogens is 363 g/mol. The standard InChI is InChI=1S/C25H33FN2O/c26-23-9-7-21(8-10-23)17-25(20-29)13-4-14-28(19-25)24-11-15-27(16-12-24)18-22-5-2-1-3-6-22/h1-3,5-10,24,29H,4,11-20H2/t25-/m0/s1. The molecule has 4 heteroatoms. The summed E-state index contributed by atoms with van der Waals surface area (Å²) in [5, 5.41) is 10.3. The van der Waals surface area contributed by atoms with Gasteiger partial charge < -0.3 is 5.11 Å². The molecule has 0 aromatic heterocycles. The van der Waals surface area contributed by atoms with Crippen molar-refractivity contribution >= 4 is 0 Å². The Morgan fingerprint density at radius 2 is 1.66 bits per heavy atom. The number of aliphatic hydroxyl groups excluding tert-OH is 1. The molecule has 2 aliphatic heterocycles. The number of likely N-dealkylation sites (tertiary alicyclic amines) is 2. The molecule has 2 heterocycles. The maximum absolute atomic E-state index is 13.3. The Hall–Kier alpha value is -1.75. The lowest BCUT2D eigenvalue weighted by Gasteiger charge is -2.47. The summed E-state index contributed by atoms with van der Waals surface area (Å²) in [6.45, 7) is 5.60. The Morgan fingerprint density at radius 3 is 2.34 bits per heavy atom. The molecule has 156 valence electrons. The zero-order valence-corrected chi connectivity index (χ0v) is 17.3. The van der Waals surface area contributed by atoms with Crippen LogP contribution in [-0.4, -0.2) is 53.7 Å². The molecule has 0 unspecified atom stereocenters. The first-order valence-electron chi connectivity index (χ1n) is 11.0. The van der Waals surface area contributed by atoms with Crippen LogP contribution < -0.4 is 0 Å². The number of nitrogens with zero attached hydrogens (tertiary/aromatic N) is 2. The van der Waals surface area contributed by atoms with E-state index < -0.39 is 0 Å². The Labute approximate surface area is 174 Å². The second-order valence-electron chi connectivity index (χ2n) is 9.03. The Bertz CT molecular complexity index is 758. The van der Waals surface area contributed by atoms with Gasteiger partial charge >= 0.3 is 0 Å². The lowest BCUT2D eigenvalue weighted by Crippen LogP contribution is -2.53. The Kier molecular flexibility index (Phi) is 6.63. The van der Waals surface area contributed by atoms with Crippen LogP contribution in [0.2, 0.25) is 0 Å². The van der Waals surface area contributed by atoms with E-state index in [0.717, 1.165) is 57.5 Å². The van der Waals surface area contributed by atoms with Crippen molar-refractivity contribution in [2.24, 2.45) is 5.41 Å². The molecule has 0 aliphatic carbocycles. The molecule has 2 saturated heterocycles. The fourth-order valence-electron chi connectivity index (χ4n) is 5.21. The van der Waals surface area contributed by atoms with Gasteiger partial charge in [-0.2, -0.15) is 0 Å². The number of benzene rings is 2. The molecule has 29 heavy (non-hydrogen) atoms. The van der Waals surface area contributed by atoms with E-state index in [1.54, 1.807) is 0 Å². The third kappa shape index (κ3) is 5.25. The van der Waals surface area contributed by atoms with Crippen molar-refractivity contribution < 1.29 is 9.50 Å². The summed E-state index contributed by atoms with van der Waals surface area (Å²) in [5.74, 6) is -0.195. The van der Waals surface area contributed by atoms with Crippen molar-refractivity contribution in [1.82, 2.24) is 9.80 Å². The van der Waals surface area contributed by atoms with E-state index >= 15 is 0 Å². The second kappa shape index (κ2) is 9.38. The van der Waals surface area contributed by atoms with Crippen LogP contribution in [0.1, 0.15) is 36.8 Å². The lowest BCUT2D eigenvalue weighted by atomic mass is 9.75. The maximum atomic E-state index is 13.3. The van der Waals surface area contributed by atoms with E-state index in [2.05, 4.69) is 40.1 Å². The molecule has 2 fully saturated rings. The van der Waals surface area contributed by atoms with Crippen molar-refractivity contribution in [3.8, 4) is 0 Å². The van der Waals surface area contributed by atoms with E-state index in [0.29, 0.717) is 6.04 Å². The lowest BCUT2D eigenvalue weighted by molar-refractivity contribution is -0.00342. The molecule has 0 amide bonds. The van der Waals surface area contributed by atoms with Gasteiger partial charge in [0.1, 0.15) is 5.82 Å². The van der Waals surface area contributed by atoms with Gasteiger partial charge in [-0.05, 0) is 75.0 Å². The van der Waals surface area contributed by atoms with Crippen LogP contribution in [0.4, 0.5) is 4.39 Å². The van der Waals surface area contributed by atoms with E-state index in [1.807, 2.05) is 12.1 Å². The third-order valence-electron chi connectivity index (χ3n) is 6.84. The quantitative estimate of drug-likeness (QED) is 0.796. The van der Waals surface area contributed by atoms with Crippen molar-refractivity contribution in [2.45, 2.75) is 44.7 Å². The number of piperidine rings is 2. The predicted molar refractivity (Wildman–Crippen MR) is 115 cm³/mol. The summed E-state index contributed by atoms with van der Waals surface area (Å²) < 4.78 is 13.3. The smallest absolute Gasteiger partial charge is 0.123 e. The molecule has 0 radical (unpaired) electrons. The Balaban J connectivity index is 1.33. The molecule has 0 saturated carbocycles. The molecule has 0 bridgehead atoms. The highest BCUT2D eigenvalue weighted by Gasteiger charge is 2.38. The fourth-order valence-corrected chi connectivity index (χ4v) is 5.21. The van der Waals surface area contributed by atoms with Gasteiger partial charge in [0.25, 0.3) is 0 Å². The largest absolute Gasteiger partial charge is 0.396 e. The summed E-state index contributed by atoms with van der Waals surface area (Å²) in [5.41, 5.74) is 2.42. The topological polar surface area (TPSA) is 26.7 Å². The van der Waals surface area contributed by atoms with Gasteiger partial charge in [0.2, 0.25) is 0 Å². The molecule has 1 atom stereocenters. The van der Waals surface area contributed by atoms with Crippen molar-refractivity contribution in [3.63, 3.8) is 0 Å². The normalized spacial score (nSPS) is 24.6. The average Bonchev–Trinajstić information content (AvgIpc) is 2.77. The number of aliphatic hydroxyl groups is 1. The molecule has 2 aliphatic rings. The molecule has 4 rings (SSSR count). The minimum Gasteiger partial charge on any atom is -0.396 e. The number of halogens is 1. The van der Waals surface area contributed by atoms with Crippen LogP contribution in [-0.2, 0) is 13.0 Å². The summed E-state index contributed by atoms with van der Waals surface area (Å²) in [7, 11) is 0. The first-order valence-corrected chi connectivity index (χ1v) is 11.0. The molecule has 1 N–H and O–H groups in total. The van der Waals surface area contributed by atoms with Crippen LogP contribution in [0.25, 0.3) is 0 Å². The van der Waals surface area contributed by atoms with Crippen LogP contribution >= 0.6 is 0 Å². The molecule has 0 spiro atoms. The van der Waals surface area contributed by atoms with Gasteiger partial charge in [0.05, 0.1) is 6.61 Å². The van der Waals surface area contributed by atoms with Gasteiger partial charge in [-0.15, -0.1) is 0 Å². The van der Waals surface area contributed by atoms with Gasteiger partial charge in [-0.1, -0.05) is 42.5 Å². The summed E-state index contributed by atoms with van der Waals surface area (Å²) in [4.78, 5) is 5.19. The monoisotopic (exact) mass is 396 g/mol. The van der Waals surface area contributed by atoms with E-state index in [-0.39, 0.29) is 17.8 Å². The van der Waals surface area contributed by atoms with Crippen LogP contribution in [0.5, 0.6) is 0 Å². The molecule has 3 nitrogen and oxygen atoms in total. The van der Waals surface area contributed by atoms with Crippen molar-refractivity contribution in [3.05, 3.63) is 71.5 Å². The van der Waals surface area contributed by atoms with Crippen LogP contribution in [0.15, 0.2) is 54.6 Å². The summed E-state index contributed by atoms with van der Waals surface area (Å²) in [6, 6.07) is 18.1. The highest BCUT2D eigenvalue weighted by molar-refractivity contribution is 5.18. The minimum atomic E-state index is -0.195. The number of rotatable bonds is 6. The fraction of sp³-hybridized carbons (Fsp3) is 0.520. The van der Waals surface area contributed by atoms with Gasteiger partial charge in [0.15, 0.2) is 0 Å². The van der Waals surface area contributed by atoms with Crippen LogP contribution in [0.3, 0.4) is 0 Å². The maximum Gasteiger partial charge on any atom is 0.123 e. The zero-order valence-electron chi connectivity index (χ0n) is 17.3. The zero-order chi connectivity index (χ0) is 20.1. The molecular formula is C25H33FN2O. The summed E-state index contributed by atoms with van der Waals surface area (Å²) in [6.07, 6.45) is 5.40. The van der Waals surface area contributed by atoms with E-state index in [9.17, 15) is 9.50 Å². The van der Waals surface area contributed by atoms with Crippen molar-refractivity contribution in [2.75, 3.05) is 32.8 Å². The first-order chi connectivity index (χ1) is 14.2. The first kappa shape index (κ1) is 20.5. The van der Waals surface area contributed by atoms with Crippen molar-refractivity contribution in [1.29, 1.82) is 0 Å². The third-order valence-corrected chi connectivity index (χ3v) is 6.84. The predicted octanol–water partition coefficient (Wildman–Crippen LogP) is 4.11. The average molecular weight is 397 g/mol. The van der Waals surface area contributed by atoms with Gasteiger partial charge in [0, 0.05) is 24.5 Å². The molecule has 2 aromatic carbocycles. The number of hydrogen-bond donors (Lipinski definition) is 1. The van der Waals surface area contributed by atoms with Crippen LogP contribution in [0, 0.1) is 11.2 Å². The second-order valence-corrected chi connectivity index (χ2v) is 9.03. The molecule has 2 aromatic rings. The van der Waals surface area contributed by atoms with Gasteiger partial charge in [-0.25, -0.2) is 4.39 Å². The highest BCUT2D eigenvalue weighted by atomic mass is 19.1.